The van der Waals surface area contributed by atoms with E-state index in [2.05, 4.69) is 22.1 Å². The molecule has 1 aliphatic heterocycles. The van der Waals surface area contributed by atoms with E-state index >= 15 is 0 Å². The Morgan fingerprint density at radius 1 is 1.33 bits per heavy atom. The van der Waals surface area contributed by atoms with Crippen LogP contribution >= 0.6 is 0 Å². The number of rotatable bonds is 6. The third-order valence-electron chi connectivity index (χ3n) is 3.53. The van der Waals surface area contributed by atoms with Crippen LogP contribution in [0.5, 0.6) is 0 Å². The van der Waals surface area contributed by atoms with E-state index in [1.807, 2.05) is 12.1 Å². The maximum atomic E-state index is 9.99. The summed E-state index contributed by atoms with van der Waals surface area (Å²) in [4.78, 5) is 6.34. The topological polar surface area (TPSA) is 48.4 Å². The lowest BCUT2D eigenvalue weighted by Crippen LogP contribution is -2.37. The molecule has 0 aliphatic carbocycles. The third kappa shape index (κ3) is 4.05. The number of aliphatic hydroxyl groups is 1. The van der Waals surface area contributed by atoms with Gasteiger partial charge in [0.05, 0.1) is 6.10 Å². The van der Waals surface area contributed by atoms with Gasteiger partial charge in [0.15, 0.2) is 0 Å². The number of β-amino-alcohol motifs (C(OH)–C–C–N with tert-alkyl or cyclic N) is 1. The molecule has 1 saturated heterocycles. The number of hydrogen-bond acceptors (Lipinski definition) is 4. The number of nitrogens with zero attached hydrogens (tertiary/aromatic N) is 2. The van der Waals surface area contributed by atoms with Crippen molar-refractivity contribution in [3.05, 3.63) is 30.1 Å². The highest BCUT2D eigenvalue weighted by Crippen LogP contribution is 2.11. The Morgan fingerprint density at radius 2 is 2.00 bits per heavy atom. The van der Waals surface area contributed by atoms with Crippen molar-refractivity contribution in [1.29, 1.82) is 0 Å². The lowest BCUT2D eigenvalue weighted by molar-refractivity contribution is 0.121. The van der Waals surface area contributed by atoms with Gasteiger partial charge in [-0.2, -0.15) is 0 Å². The average molecular weight is 249 g/mol. The fraction of sp³-hybridized carbons (Fsp3) is 0.643. The molecule has 100 valence electrons. The van der Waals surface area contributed by atoms with Gasteiger partial charge in [-0.15, -0.1) is 0 Å². The van der Waals surface area contributed by atoms with Crippen molar-refractivity contribution in [1.82, 2.24) is 15.2 Å². The normalized spacial score (nSPS) is 19.9. The summed E-state index contributed by atoms with van der Waals surface area (Å²) in [5.74, 6) is 0. The van der Waals surface area contributed by atoms with Crippen molar-refractivity contribution in [2.45, 2.75) is 31.9 Å². The monoisotopic (exact) mass is 249 g/mol. The van der Waals surface area contributed by atoms with Crippen LogP contribution in [0.25, 0.3) is 0 Å². The first-order valence-corrected chi connectivity index (χ1v) is 6.79. The molecule has 2 N–H and O–H groups in total. The Labute approximate surface area is 109 Å². The smallest absolute Gasteiger partial charge is 0.0791 e. The van der Waals surface area contributed by atoms with Crippen LogP contribution in [0.4, 0.5) is 0 Å². The van der Waals surface area contributed by atoms with Crippen LogP contribution in [0, 0.1) is 0 Å². The van der Waals surface area contributed by atoms with E-state index < -0.39 is 0 Å². The minimum atomic E-state index is -0.285. The predicted octanol–water partition coefficient (Wildman–Crippen LogP) is 1.19. The highest BCUT2D eigenvalue weighted by atomic mass is 16.3. The SMILES string of the molecule is CC(NCC(O)CN1CCCC1)c1ccncc1. The molecule has 0 saturated carbocycles. The van der Waals surface area contributed by atoms with Crippen molar-refractivity contribution in [3.63, 3.8) is 0 Å². The van der Waals surface area contributed by atoms with Gasteiger partial charge in [0, 0.05) is 31.5 Å². The Hall–Kier alpha value is -0.970. The van der Waals surface area contributed by atoms with Crippen molar-refractivity contribution >= 4 is 0 Å². The first-order chi connectivity index (χ1) is 8.75. The van der Waals surface area contributed by atoms with Gasteiger partial charge in [0.2, 0.25) is 0 Å². The van der Waals surface area contributed by atoms with E-state index in [1.54, 1.807) is 12.4 Å². The van der Waals surface area contributed by atoms with Crippen molar-refractivity contribution in [2.75, 3.05) is 26.2 Å². The molecule has 1 fully saturated rings. The largest absolute Gasteiger partial charge is 0.390 e. The molecule has 2 unspecified atom stereocenters. The standard InChI is InChI=1S/C14H23N3O/c1-12(13-4-6-15-7-5-13)16-10-14(18)11-17-8-2-3-9-17/h4-7,12,14,16,18H,2-3,8-11H2,1H3. The zero-order valence-corrected chi connectivity index (χ0v) is 11.0. The molecule has 2 atom stereocenters. The Kier molecular flexibility index (Phi) is 5.11. The highest BCUT2D eigenvalue weighted by molar-refractivity contribution is 5.13. The van der Waals surface area contributed by atoms with Crippen molar-refractivity contribution in [3.8, 4) is 0 Å². The van der Waals surface area contributed by atoms with Crippen LogP contribution in [-0.4, -0.2) is 47.3 Å². The summed E-state index contributed by atoms with van der Waals surface area (Å²) >= 11 is 0. The fourth-order valence-corrected chi connectivity index (χ4v) is 2.41. The van der Waals surface area contributed by atoms with E-state index in [9.17, 15) is 5.11 Å². The lowest BCUT2D eigenvalue weighted by atomic mass is 10.1. The van der Waals surface area contributed by atoms with Crippen LogP contribution in [-0.2, 0) is 0 Å². The summed E-state index contributed by atoms with van der Waals surface area (Å²) in [6.07, 6.45) is 5.86. The van der Waals surface area contributed by atoms with Gasteiger partial charge in [-0.1, -0.05) is 0 Å². The van der Waals surface area contributed by atoms with E-state index in [0.717, 1.165) is 19.6 Å². The zero-order valence-electron chi connectivity index (χ0n) is 11.0. The van der Waals surface area contributed by atoms with Gasteiger partial charge in [0.25, 0.3) is 0 Å². The molecule has 0 spiro atoms. The minimum absolute atomic E-state index is 0.251. The zero-order chi connectivity index (χ0) is 12.8. The Morgan fingerprint density at radius 3 is 2.67 bits per heavy atom. The molecule has 0 amide bonds. The minimum Gasteiger partial charge on any atom is -0.390 e. The molecule has 1 aromatic heterocycles. The van der Waals surface area contributed by atoms with Crippen LogP contribution in [0.3, 0.4) is 0 Å². The molecule has 0 bridgehead atoms. The second-order valence-electron chi connectivity index (χ2n) is 5.07. The molecule has 1 aliphatic rings. The number of hydrogen-bond donors (Lipinski definition) is 2. The van der Waals surface area contributed by atoms with E-state index in [1.165, 1.54) is 18.4 Å². The Bertz CT molecular complexity index is 338. The molecule has 0 radical (unpaired) electrons. The second kappa shape index (κ2) is 6.83. The number of pyridine rings is 1. The van der Waals surface area contributed by atoms with Gasteiger partial charge in [0.1, 0.15) is 0 Å². The second-order valence-corrected chi connectivity index (χ2v) is 5.07. The molecule has 2 rings (SSSR count). The Balaban J connectivity index is 1.70. The van der Waals surface area contributed by atoms with E-state index in [0.29, 0.717) is 6.54 Å². The first kappa shape index (κ1) is 13.5. The maximum Gasteiger partial charge on any atom is 0.0791 e. The summed E-state index contributed by atoms with van der Waals surface area (Å²) in [6, 6.07) is 4.26. The molecule has 0 aromatic carbocycles. The van der Waals surface area contributed by atoms with Gasteiger partial charge in [-0.05, 0) is 50.6 Å². The van der Waals surface area contributed by atoms with Gasteiger partial charge in [-0.3, -0.25) is 4.98 Å². The highest BCUT2D eigenvalue weighted by Gasteiger charge is 2.16. The van der Waals surface area contributed by atoms with Gasteiger partial charge < -0.3 is 15.3 Å². The number of aliphatic hydroxyl groups excluding tert-OH is 1. The molecule has 4 nitrogen and oxygen atoms in total. The van der Waals surface area contributed by atoms with Crippen molar-refractivity contribution < 1.29 is 5.11 Å². The number of nitrogens with one attached hydrogen (secondary N) is 1. The summed E-state index contributed by atoms with van der Waals surface area (Å²) < 4.78 is 0. The summed E-state index contributed by atoms with van der Waals surface area (Å²) in [5, 5.41) is 13.4. The number of aromatic nitrogens is 1. The maximum absolute atomic E-state index is 9.99. The van der Waals surface area contributed by atoms with Gasteiger partial charge >= 0.3 is 0 Å². The predicted molar refractivity (Wildman–Crippen MR) is 72.3 cm³/mol. The summed E-state index contributed by atoms with van der Waals surface area (Å²) in [6.45, 7) is 5.81. The first-order valence-electron chi connectivity index (χ1n) is 6.79. The summed E-state index contributed by atoms with van der Waals surface area (Å²) in [5.41, 5.74) is 1.21. The fourth-order valence-electron chi connectivity index (χ4n) is 2.41. The summed E-state index contributed by atoms with van der Waals surface area (Å²) in [7, 11) is 0. The molecule has 2 heterocycles. The quantitative estimate of drug-likeness (QED) is 0.795. The molecular formula is C14H23N3O. The lowest BCUT2D eigenvalue weighted by Gasteiger charge is -2.21. The van der Waals surface area contributed by atoms with E-state index in [4.69, 9.17) is 0 Å². The third-order valence-corrected chi connectivity index (χ3v) is 3.53. The average Bonchev–Trinajstić information content (AvgIpc) is 2.90. The van der Waals surface area contributed by atoms with Crippen LogP contribution in [0.15, 0.2) is 24.5 Å². The van der Waals surface area contributed by atoms with Gasteiger partial charge in [-0.25, -0.2) is 0 Å². The molecule has 18 heavy (non-hydrogen) atoms. The van der Waals surface area contributed by atoms with Crippen molar-refractivity contribution in [2.24, 2.45) is 0 Å². The number of likely N-dealkylation sites (tertiary alicyclic amines) is 1. The van der Waals surface area contributed by atoms with Crippen LogP contribution in [0.1, 0.15) is 31.4 Å². The molecule has 4 heteroatoms. The van der Waals surface area contributed by atoms with Crippen LogP contribution < -0.4 is 5.32 Å². The molecular weight excluding hydrogens is 226 g/mol. The van der Waals surface area contributed by atoms with E-state index in [-0.39, 0.29) is 12.1 Å². The molecule has 1 aromatic rings. The van der Waals surface area contributed by atoms with Crippen LogP contribution in [0.2, 0.25) is 0 Å².